The highest BCUT2D eigenvalue weighted by Crippen LogP contribution is 2.22. The van der Waals surface area contributed by atoms with Gasteiger partial charge in [0.1, 0.15) is 11.5 Å². The zero-order valence-electron chi connectivity index (χ0n) is 11.8. The predicted octanol–water partition coefficient (Wildman–Crippen LogP) is 2.29. The molecule has 1 N–H and O–H groups in total. The second-order valence-electron chi connectivity index (χ2n) is 4.63. The van der Waals surface area contributed by atoms with Gasteiger partial charge in [-0.05, 0) is 12.1 Å². The average molecular weight is 295 g/mol. The van der Waals surface area contributed by atoms with Crippen LogP contribution in [0.15, 0.2) is 64.0 Å². The Kier molecular flexibility index (Phi) is 3.57. The molecule has 22 heavy (non-hydrogen) atoms. The van der Waals surface area contributed by atoms with Crippen LogP contribution in [0.4, 0.5) is 5.82 Å². The number of carbonyl (C=O) groups is 1. The van der Waals surface area contributed by atoms with Crippen molar-refractivity contribution in [3.05, 3.63) is 70.7 Å². The molecule has 0 bridgehead atoms. The van der Waals surface area contributed by atoms with Crippen molar-refractivity contribution in [1.29, 1.82) is 0 Å². The molecule has 0 saturated carbocycles. The molecule has 1 amide bonds. The van der Waals surface area contributed by atoms with Crippen LogP contribution in [0.5, 0.6) is 0 Å². The number of aromatic nitrogens is 2. The molecule has 6 nitrogen and oxygen atoms in total. The summed E-state index contributed by atoms with van der Waals surface area (Å²) in [5, 5.41) is 2.60. The molecule has 2 heterocycles. The summed E-state index contributed by atoms with van der Waals surface area (Å²) in [6.07, 6.45) is 1.56. The van der Waals surface area contributed by atoms with E-state index in [-0.39, 0.29) is 5.56 Å². The minimum Gasteiger partial charge on any atom is -0.335 e. The number of benzene rings is 1. The van der Waals surface area contributed by atoms with Gasteiger partial charge in [-0.15, -0.1) is 0 Å². The van der Waals surface area contributed by atoms with E-state index in [0.29, 0.717) is 11.5 Å². The van der Waals surface area contributed by atoms with Crippen LogP contribution in [0.25, 0.3) is 11.3 Å². The van der Waals surface area contributed by atoms with E-state index in [4.69, 9.17) is 4.52 Å². The summed E-state index contributed by atoms with van der Waals surface area (Å²) in [6.45, 7) is 0. The van der Waals surface area contributed by atoms with Crippen LogP contribution < -0.4 is 10.9 Å². The lowest BCUT2D eigenvalue weighted by Gasteiger charge is -2.05. The van der Waals surface area contributed by atoms with Crippen LogP contribution in [-0.4, -0.2) is 15.6 Å². The number of aryl methyl sites for hydroxylation is 1. The Morgan fingerprint density at radius 2 is 1.86 bits per heavy atom. The lowest BCUT2D eigenvalue weighted by molar-refractivity contribution is 0.102. The summed E-state index contributed by atoms with van der Waals surface area (Å²) in [7, 11) is 1.58. The molecule has 2 aromatic heterocycles. The van der Waals surface area contributed by atoms with Gasteiger partial charge in [-0.25, -0.2) is 14.5 Å². The highest BCUT2D eigenvalue weighted by Gasteiger charge is 2.23. The molecule has 1 aromatic carbocycles. The molecule has 0 spiro atoms. The Bertz CT molecular complexity index is 851. The lowest BCUT2D eigenvalue weighted by atomic mass is 10.1. The molecule has 3 aromatic rings. The van der Waals surface area contributed by atoms with Gasteiger partial charge in [-0.1, -0.05) is 36.4 Å². The maximum absolute atomic E-state index is 12.4. The van der Waals surface area contributed by atoms with Gasteiger partial charge in [0, 0.05) is 18.8 Å². The van der Waals surface area contributed by atoms with Crippen LogP contribution in [-0.2, 0) is 7.05 Å². The van der Waals surface area contributed by atoms with E-state index in [1.807, 2.05) is 30.3 Å². The number of hydrogen-bond donors (Lipinski definition) is 1. The van der Waals surface area contributed by atoms with E-state index in [9.17, 15) is 9.59 Å². The minimum absolute atomic E-state index is 0.0423. The first-order valence-corrected chi connectivity index (χ1v) is 6.65. The van der Waals surface area contributed by atoms with E-state index >= 15 is 0 Å². The molecule has 3 rings (SSSR count). The van der Waals surface area contributed by atoms with Crippen molar-refractivity contribution >= 4 is 11.7 Å². The third-order valence-electron chi connectivity index (χ3n) is 3.16. The quantitative estimate of drug-likeness (QED) is 0.804. The fourth-order valence-corrected chi connectivity index (χ4v) is 2.21. The fourth-order valence-electron chi connectivity index (χ4n) is 2.21. The van der Waals surface area contributed by atoms with Gasteiger partial charge in [-0.3, -0.25) is 4.79 Å². The molecule has 110 valence electrons. The highest BCUT2D eigenvalue weighted by atomic mass is 16.5. The lowest BCUT2D eigenvalue weighted by Crippen LogP contribution is -2.19. The normalized spacial score (nSPS) is 10.4. The SMILES string of the molecule is Cn1oc(=O)c(C(=O)Nc2ccccn2)c1-c1ccccc1. The average Bonchev–Trinajstić information content (AvgIpc) is 2.83. The van der Waals surface area contributed by atoms with Crippen LogP contribution >= 0.6 is 0 Å². The van der Waals surface area contributed by atoms with Gasteiger partial charge >= 0.3 is 5.63 Å². The summed E-state index contributed by atoms with van der Waals surface area (Å²) < 4.78 is 6.34. The van der Waals surface area contributed by atoms with E-state index in [2.05, 4.69) is 10.3 Å². The largest absolute Gasteiger partial charge is 0.370 e. The molecule has 0 atom stereocenters. The summed E-state index contributed by atoms with van der Waals surface area (Å²) in [5.41, 5.74) is 0.426. The molecule has 0 saturated heterocycles. The first kappa shape index (κ1) is 13.8. The van der Waals surface area contributed by atoms with Gasteiger partial charge in [-0.2, -0.15) is 0 Å². The molecule has 0 radical (unpaired) electrons. The molecule has 0 aliphatic heterocycles. The number of carbonyl (C=O) groups excluding carboxylic acids is 1. The molecule has 6 heteroatoms. The van der Waals surface area contributed by atoms with Crippen LogP contribution in [0, 0.1) is 0 Å². The van der Waals surface area contributed by atoms with Gasteiger partial charge in [0.2, 0.25) is 0 Å². The third-order valence-corrected chi connectivity index (χ3v) is 3.16. The Labute approximate surface area is 126 Å². The zero-order valence-corrected chi connectivity index (χ0v) is 11.8. The van der Waals surface area contributed by atoms with Crippen molar-refractivity contribution in [2.45, 2.75) is 0 Å². The predicted molar refractivity (Wildman–Crippen MR) is 81.6 cm³/mol. The summed E-state index contributed by atoms with van der Waals surface area (Å²) in [6, 6.07) is 14.3. The van der Waals surface area contributed by atoms with Crippen molar-refractivity contribution in [2.75, 3.05) is 5.32 Å². The molecule has 0 fully saturated rings. The number of anilines is 1. The highest BCUT2D eigenvalue weighted by molar-refractivity contribution is 6.07. The van der Waals surface area contributed by atoms with Crippen molar-refractivity contribution in [1.82, 2.24) is 9.72 Å². The van der Waals surface area contributed by atoms with E-state index in [1.165, 1.54) is 4.74 Å². The minimum atomic E-state index is -0.685. The maximum atomic E-state index is 12.4. The first-order chi connectivity index (χ1) is 10.7. The van der Waals surface area contributed by atoms with Crippen molar-refractivity contribution in [3.8, 4) is 11.3 Å². The standard InChI is InChI=1S/C16H13N3O3/c1-19-14(11-7-3-2-4-8-11)13(16(21)22-19)15(20)18-12-9-5-6-10-17-12/h2-10H,1H3,(H,17,18,20). The van der Waals surface area contributed by atoms with Crippen LogP contribution in [0.3, 0.4) is 0 Å². The van der Waals surface area contributed by atoms with Crippen LogP contribution in [0.1, 0.15) is 10.4 Å². The summed E-state index contributed by atoms with van der Waals surface area (Å²) >= 11 is 0. The Hall–Kier alpha value is -3.15. The molecular formula is C16H13N3O3. The Morgan fingerprint density at radius 3 is 2.55 bits per heavy atom. The van der Waals surface area contributed by atoms with Crippen molar-refractivity contribution < 1.29 is 9.32 Å². The third kappa shape index (κ3) is 2.54. The van der Waals surface area contributed by atoms with Crippen molar-refractivity contribution in [3.63, 3.8) is 0 Å². The first-order valence-electron chi connectivity index (χ1n) is 6.65. The number of hydrogen-bond acceptors (Lipinski definition) is 4. The van der Waals surface area contributed by atoms with E-state index in [0.717, 1.165) is 5.56 Å². The Balaban J connectivity index is 2.04. The monoisotopic (exact) mass is 295 g/mol. The number of amides is 1. The molecule has 0 aliphatic carbocycles. The van der Waals surface area contributed by atoms with Crippen LogP contribution in [0.2, 0.25) is 0 Å². The van der Waals surface area contributed by atoms with E-state index in [1.54, 1.807) is 31.4 Å². The fraction of sp³-hybridized carbons (Fsp3) is 0.0625. The second-order valence-corrected chi connectivity index (χ2v) is 4.63. The van der Waals surface area contributed by atoms with Gasteiger partial charge in [0.05, 0.1) is 0 Å². The second kappa shape index (κ2) is 5.69. The number of rotatable bonds is 3. The van der Waals surface area contributed by atoms with Gasteiger partial charge < -0.3 is 9.84 Å². The molecule has 0 aliphatic rings. The summed E-state index contributed by atoms with van der Waals surface area (Å²) in [5.74, 6) is -0.179. The van der Waals surface area contributed by atoms with Crippen molar-refractivity contribution in [2.24, 2.45) is 7.05 Å². The van der Waals surface area contributed by atoms with Gasteiger partial charge in [0.15, 0.2) is 5.56 Å². The maximum Gasteiger partial charge on any atom is 0.370 e. The molecular weight excluding hydrogens is 282 g/mol. The number of pyridine rings is 1. The smallest absolute Gasteiger partial charge is 0.335 e. The summed E-state index contributed by atoms with van der Waals surface area (Å²) in [4.78, 5) is 28.4. The topological polar surface area (TPSA) is 77.1 Å². The zero-order chi connectivity index (χ0) is 15.5. The van der Waals surface area contributed by atoms with Gasteiger partial charge in [0.25, 0.3) is 5.91 Å². The number of nitrogens with zero attached hydrogens (tertiary/aromatic N) is 2. The van der Waals surface area contributed by atoms with E-state index < -0.39 is 11.5 Å². The molecule has 0 unspecified atom stereocenters. The Morgan fingerprint density at radius 1 is 1.14 bits per heavy atom. The number of nitrogens with one attached hydrogen (secondary N) is 1.